The maximum atomic E-state index is 13.1. The minimum atomic E-state index is -0.270. The van der Waals surface area contributed by atoms with Gasteiger partial charge in [0.1, 0.15) is 5.82 Å². The Morgan fingerprint density at radius 2 is 2.12 bits per heavy atom. The van der Waals surface area contributed by atoms with Gasteiger partial charge in [-0.05, 0) is 30.7 Å². The molecule has 0 aromatic heterocycles. The van der Waals surface area contributed by atoms with E-state index in [1.54, 1.807) is 19.1 Å². The van der Waals surface area contributed by atoms with Gasteiger partial charge in [-0.1, -0.05) is 0 Å². The van der Waals surface area contributed by atoms with E-state index >= 15 is 0 Å². The molecule has 1 heterocycles. The smallest absolute Gasteiger partial charge is 0.176 e. The molecule has 1 saturated heterocycles. The second-order valence-corrected chi connectivity index (χ2v) is 4.28. The molecule has 1 aromatic carbocycles. The lowest BCUT2D eigenvalue weighted by Crippen LogP contribution is -2.39. The van der Waals surface area contributed by atoms with Crippen LogP contribution in [0.5, 0.6) is 0 Å². The summed E-state index contributed by atoms with van der Waals surface area (Å²) in [5.74, 6) is -0.233. The van der Waals surface area contributed by atoms with Gasteiger partial charge in [0.05, 0.1) is 19.8 Å². The van der Waals surface area contributed by atoms with E-state index in [9.17, 15) is 9.18 Å². The maximum Gasteiger partial charge on any atom is 0.176 e. The Morgan fingerprint density at radius 1 is 1.41 bits per heavy atom. The fourth-order valence-electron chi connectivity index (χ4n) is 1.87. The molecule has 0 aliphatic carbocycles. The minimum absolute atomic E-state index is 0.0370. The van der Waals surface area contributed by atoms with Gasteiger partial charge in [0.15, 0.2) is 5.78 Å². The average molecular weight is 237 g/mol. The van der Waals surface area contributed by atoms with Crippen LogP contribution in [-0.4, -0.2) is 43.5 Å². The zero-order valence-electron chi connectivity index (χ0n) is 9.91. The van der Waals surface area contributed by atoms with Crippen molar-refractivity contribution in [2.24, 2.45) is 0 Å². The highest BCUT2D eigenvalue weighted by molar-refractivity contribution is 5.97. The van der Waals surface area contributed by atoms with Crippen molar-refractivity contribution in [1.82, 2.24) is 4.90 Å². The maximum absolute atomic E-state index is 13.1. The summed E-state index contributed by atoms with van der Waals surface area (Å²) in [6.07, 6.45) is 0. The SMILES string of the molecule is Cc1cc(C(=O)CN2CCOCC2)ccc1F. The van der Waals surface area contributed by atoms with Gasteiger partial charge in [-0.3, -0.25) is 9.69 Å². The summed E-state index contributed by atoms with van der Waals surface area (Å²) in [6, 6.07) is 4.51. The first kappa shape index (κ1) is 12.2. The molecule has 0 radical (unpaired) electrons. The predicted molar refractivity (Wildman–Crippen MR) is 62.7 cm³/mol. The van der Waals surface area contributed by atoms with Crippen molar-refractivity contribution in [3.05, 3.63) is 35.1 Å². The first-order valence-electron chi connectivity index (χ1n) is 5.76. The molecular weight excluding hydrogens is 221 g/mol. The number of carbonyl (C=O) groups is 1. The van der Waals surface area contributed by atoms with E-state index in [0.29, 0.717) is 30.9 Å². The lowest BCUT2D eigenvalue weighted by molar-refractivity contribution is 0.0371. The third kappa shape index (κ3) is 3.11. The van der Waals surface area contributed by atoms with Crippen LogP contribution in [0.3, 0.4) is 0 Å². The summed E-state index contributed by atoms with van der Waals surface area (Å²) < 4.78 is 18.3. The van der Waals surface area contributed by atoms with Crippen molar-refractivity contribution in [1.29, 1.82) is 0 Å². The molecule has 1 aromatic rings. The number of halogens is 1. The van der Waals surface area contributed by atoms with Crippen LogP contribution in [0.4, 0.5) is 4.39 Å². The number of ketones is 1. The molecule has 0 atom stereocenters. The normalized spacial score (nSPS) is 17.1. The Balaban J connectivity index is 2.01. The summed E-state index contributed by atoms with van der Waals surface area (Å²) in [5.41, 5.74) is 1.09. The van der Waals surface area contributed by atoms with Crippen LogP contribution < -0.4 is 0 Å². The first-order chi connectivity index (χ1) is 8.16. The van der Waals surface area contributed by atoms with Crippen LogP contribution in [0.15, 0.2) is 18.2 Å². The standard InChI is InChI=1S/C13H16FNO2/c1-10-8-11(2-3-12(10)14)13(16)9-15-4-6-17-7-5-15/h2-3,8H,4-7,9H2,1H3. The lowest BCUT2D eigenvalue weighted by atomic mass is 10.1. The van der Waals surface area contributed by atoms with E-state index < -0.39 is 0 Å². The predicted octanol–water partition coefficient (Wildman–Crippen LogP) is 1.65. The molecule has 1 aliphatic heterocycles. The number of hydrogen-bond donors (Lipinski definition) is 0. The van der Waals surface area contributed by atoms with Gasteiger partial charge >= 0.3 is 0 Å². The van der Waals surface area contributed by atoms with E-state index in [1.807, 2.05) is 0 Å². The van der Waals surface area contributed by atoms with Gasteiger partial charge in [-0.15, -0.1) is 0 Å². The number of aryl methyl sites for hydroxylation is 1. The number of rotatable bonds is 3. The number of nitrogens with zero attached hydrogens (tertiary/aromatic N) is 1. The van der Waals surface area contributed by atoms with E-state index in [-0.39, 0.29) is 11.6 Å². The molecule has 0 bridgehead atoms. The molecule has 0 amide bonds. The molecule has 0 unspecified atom stereocenters. The third-order valence-corrected chi connectivity index (χ3v) is 2.95. The highest BCUT2D eigenvalue weighted by Crippen LogP contribution is 2.10. The second-order valence-electron chi connectivity index (χ2n) is 4.28. The zero-order chi connectivity index (χ0) is 12.3. The molecule has 2 rings (SSSR count). The quantitative estimate of drug-likeness (QED) is 0.749. The number of hydrogen-bond acceptors (Lipinski definition) is 3. The fourth-order valence-corrected chi connectivity index (χ4v) is 1.87. The highest BCUT2D eigenvalue weighted by Gasteiger charge is 2.15. The Kier molecular flexibility index (Phi) is 3.86. The average Bonchev–Trinajstić information content (AvgIpc) is 2.34. The molecule has 1 aliphatic rings. The monoisotopic (exact) mass is 237 g/mol. The molecule has 1 fully saturated rings. The fraction of sp³-hybridized carbons (Fsp3) is 0.462. The van der Waals surface area contributed by atoms with Crippen LogP contribution in [0.2, 0.25) is 0 Å². The van der Waals surface area contributed by atoms with Crippen LogP contribution in [0, 0.1) is 12.7 Å². The van der Waals surface area contributed by atoms with Crippen LogP contribution in [-0.2, 0) is 4.74 Å². The van der Waals surface area contributed by atoms with E-state index in [1.165, 1.54) is 6.07 Å². The van der Waals surface area contributed by atoms with E-state index in [0.717, 1.165) is 13.1 Å². The minimum Gasteiger partial charge on any atom is -0.379 e. The van der Waals surface area contributed by atoms with E-state index in [4.69, 9.17) is 4.74 Å². The third-order valence-electron chi connectivity index (χ3n) is 2.95. The van der Waals surface area contributed by atoms with Gasteiger partial charge in [-0.25, -0.2) is 4.39 Å². The molecule has 4 heteroatoms. The number of morpholine rings is 1. The van der Waals surface area contributed by atoms with Gasteiger partial charge in [-0.2, -0.15) is 0 Å². The van der Waals surface area contributed by atoms with Crippen LogP contribution in [0.1, 0.15) is 15.9 Å². The summed E-state index contributed by atoms with van der Waals surface area (Å²) in [6.45, 7) is 4.97. The molecule has 0 saturated carbocycles. The van der Waals surface area contributed by atoms with Gasteiger partial charge in [0, 0.05) is 18.7 Å². The molecule has 92 valence electrons. The summed E-state index contributed by atoms with van der Waals surface area (Å²) in [5, 5.41) is 0. The molecule has 0 spiro atoms. The Hall–Kier alpha value is -1.26. The number of ether oxygens (including phenoxy) is 1. The highest BCUT2D eigenvalue weighted by atomic mass is 19.1. The topological polar surface area (TPSA) is 29.5 Å². The summed E-state index contributed by atoms with van der Waals surface area (Å²) in [7, 11) is 0. The molecular formula is C13H16FNO2. The molecule has 3 nitrogen and oxygen atoms in total. The van der Waals surface area contributed by atoms with Gasteiger partial charge < -0.3 is 4.74 Å². The first-order valence-corrected chi connectivity index (χ1v) is 5.76. The lowest BCUT2D eigenvalue weighted by Gasteiger charge is -2.25. The Bertz CT molecular complexity index is 414. The van der Waals surface area contributed by atoms with Crippen LogP contribution in [0.25, 0.3) is 0 Å². The largest absolute Gasteiger partial charge is 0.379 e. The number of Topliss-reactive ketones (excluding diaryl/α,β-unsaturated/α-hetero) is 1. The Morgan fingerprint density at radius 3 is 2.76 bits per heavy atom. The van der Waals surface area contributed by atoms with Crippen molar-refractivity contribution in [3.63, 3.8) is 0 Å². The van der Waals surface area contributed by atoms with Gasteiger partial charge in [0.2, 0.25) is 0 Å². The van der Waals surface area contributed by atoms with Crippen molar-refractivity contribution in [3.8, 4) is 0 Å². The van der Waals surface area contributed by atoms with Gasteiger partial charge in [0.25, 0.3) is 0 Å². The molecule has 0 N–H and O–H groups in total. The molecule has 17 heavy (non-hydrogen) atoms. The van der Waals surface area contributed by atoms with E-state index in [2.05, 4.69) is 4.90 Å². The van der Waals surface area contributed by atoms with Crippen LogP contribution >= 0.6 is 0 Å². The summed E-state index contributed by atoms with van der Waals surface area (Å²) >= 11 is 0. The summed E-state index contributed by atoms with van der Waals surface area (Å²) in [4.78, 5) is 14.0. The van der Waals surface area contributed by atoms with Crippen molar-refractivity contribution in [2.75, 3.05) is 32.8 Å². The number of carbonyl (C=O) groups excluding carboxylic acids is 1. The van der Waals surface area contributed by atoms with Crippen molar-refractivity contribution >= 4 is 5.78 Å². The Labute approximate surface area is 100 Å². The second kappa shape index (κ2) is 5.38. The zero-order valence-corrected chi connectivity index (χ0v) is 9.91. The van der Waals surface area contributed by atoms with Crippen molar-refractivity contribution < 1.29 is 13.9 Å². The van der Waals surface area contributed by atoms with Crippen molar-refractivity contribution in [2.45, 2.75) is 6.92 Å². The number of benzene rings is 1.